The number of rotatable bonds is 3. The second kappa shape index (κ2) is 3.96. The summed E-state index contributed by atoms with van der Waals surface area (Å²) in [6.07, 6.45) is -0.921. The van der Waals surface area contributed by atoms with Gasteiger partial charge in [0.25, 0.3) is 0 Å². The first kappa shape index (κ1) is 8.05. The van der Waals surface area contributed by atoms with Crippen LogP contribution in [0.3, 0.4) is 0 Å². The molecule has 1 aromatic carbocycles. The quantitative estimate of drug-likeness (QED) is 0.647. The molecule has 1 aromatic rings. The Labute approximate surface area is 65.8 Å². The van der Waals surface area contributed by atoms with Gasteiger partial charge in [-0.05, 0) is 25.1 Å². The second-order valence-corrected chi connectivity index (χ2v) is 2.33. The van der Waals surface area contributed by atoms with Crippen LogP contribution in [0.1, 0.15) is 6.92 Å². The number of hydrogen-bond acceptors (Lipinski definition) is 1. The predicted octanol–water partition coefficient (Wildman–Crippen LogP) is 2.22. The molecule has 0 heterocycles. The molecule has 11 heavy (non-hydrogen) atoms. The summed E-state index contributed by atoms with van der Waals surface area (Å²) in [7, 11) is 0. The summed E-state index contributed by atoms with van der Waals surface area (Å²) < 4.78 is 17.3. The predicted molar refractivity (Wildman–Crippen MR) is 41.3 cm³/mol. The van der Waals surface area contributed by atoms with Gasteiger partial charge in [-0.15, -0.1) is 0 Å². The van der Waals surface area contributed by atoms with Crippen LogP contribution in [0, 0.1) is 6.07 Å². The molecule has 0 aliphatic carbocycles. The summed E-state index contributed by atoms with van der Waals surface area (Å²) in [4.78, 5) is 0. The first-order valence-electron chi connectivity index (χ1n) is 3.52. The molecular weight excluding hydrogens is 143 g/mol. The Hall–Kier alpha value is -1.05. The molecule has 0 aliphatic rings. The zero-order valence-corrected chi connectivity index (χ0v) is 6.38. The van der Waals surface area contributed by atoms with E-state index < -0.39 is 6.17 Å². The second-order valence-electron chi connectivity index (χ2n) is 2.33. The van der Waals surface area contributed by atoms with Gasteiger partial charge < -0.3 is 4.74 Å². The van der Waals surface area contributed by atoms with Crippen LogP contribution in [-0.2, 0) is 0 Å². The summed E-state index contributed by atoms with van der Waals surface area (Å²) in [6.45, 7) is 1.57. The minimum atomic E-state index is -0.921. The fraction of sp³-hybridized carbons (Fsp3) is 0.333. The van der Waals surface area contributed by atoms with Crippen molar-refractivity contribution >= 4 is 0 Å². The molecule has 1 nitrogen and oxygen atoms in total. The Morgan fingerprint density at radius 3 is 3.09 bits per heavy atom. The molecule has 1 rings (SSSR count). The highest BCUT2D eigenvalue weighted by atomic mass is 19.1. The normalized spacial score (nSPS) is 12.5. The molecule has 1 atom stereocenters. The third-order valence-electron chi connectivity index (χ3n) is 1.16. The van der Waals surface area contributed by atoms with E-state index in [1.165, 1.54) is 6.92 Å². The van der Waals surface area contributed by atoms with E-state index in [1.807, 2.05) is 0 Å². The number of ether oxygens (including phenoxy) is 1. The Balaban J connectivity index is 2.39. The van der Waals surface area contributed by atoms with Crippen LogP contribution in [-0.4, -0.2) is 12.8 Å². The first-order chi connectivity index (χ1) is 5.29. The van der Waals surface area contributed by atoms with Gasteiger partial charge in [0.1, 0.15) is 18.5 Å². The van der Waals surface area contributed by atoms with Crippen molar-refractivity contribution in [2.24, 2.45) is 0 Å². The van der Waals surface area contributed by atoms with Crippen LogP contribution in [0.4, 0.5) is 4.39 Å². The molecule has 0 aromatic heterocycles. The van der Waals surface area contributed by atoms with E-state index in [4.69, 9.17) is 4.74 Å². The lowest BCUT2D eigenvalue weighted by molar-refractivity contribution is 0.210. The van der Waals surface area contributed by atoms with Crippen LogP contribution in [0.5, 0.6) is 5.75 Å². The lowest BCUT2D eigenvalue weighted by Crippen LogP contribution is -2.07. The average molecular weight is 153 g/mol. The van der Waals surface area contributed by atoms with Crippen molar-refractivity contribution in [2.75, 3.05) is 6.61 Å². The molecule has 0 bridgehead atoms. The summed E-state index contributed by atoms with van der Waals surface area (Å²) in [5, 5.41) is 0. The van der Waals surface area contributed by atoms with Crippen LogP contribution < -0.4 is 4.74 Å². The van der Waals surface area contributed by atoms with Crippen LogP contribution in [0.15, 0.2) is 24.3 Å². The van der Waals surface area contributed by atoms with E-state index in [-0.39, 0.29) is 6.61 Å². The first-order valence-corrected chi connectivity index (χ1v) is 3.52. The maximum Gasteiger partial charge on any atom is 0.131 e. The van der Waals surface area contributed by atoms with Crippen molar-refractivity contribution in [1.29, 1.82) is 0 Å². The Morgan fingerprint density at radius 1 is 1.73 bits per heavy atom. The smallest absolute Gasteiger partial charge is 0.131 e. The van der Waals surface area contributed by atoms with E-state index in [9.17, 15) is 4.39 Å². The van der Waals surface area contributed by atoms with Crippen molar-refractivity contribution in [3.63, 3.8) is 0 Å². The number of benzene rings is 1. The van der Waals surface area contributed by atoms with Gasteiger partial charge in [0.15, 0.2) is 0 Å². The molecule has 0 aliphatic heterocycles. The van der Waals surface area contributed by atoms with Crippen LogP contribution >= 0.6 is 0 Å². The van der Waals surface area contributed by atoms with Gasteiger partial charge in [-0.1, -0.05) is 12.1 Å². The molecule has 0 amide bonds. The Kier molecular flexibility index (Phi) is 2.90. The van der Waals surface area contributed by atoms with E-state index in [0.29, 0.717) is 5.75 Å². The van der Waals surface area contributed by atoms with Gasteiger partial charge in [-0.2, -0.15) is 0 Å². The molecule has 59 valence electrons. The van der Waals surface area contributed by atoms with Gasteiger partial charge in [0.05, 0.1) is 0 Å². The van der Waals surface area contributed by atoms with Gasteiger partial charge in [-0.25, -0.2) is 4.39 Å². The summed E-state index contributed by atoms with van der Waals surface area (Å²) in [6, 6.07) is 9.87. The zero-order chi connectivity index (χ0) is 8.10. The molecular formula is C9H10FO. The highest BCUT2D eigenvalue weighted by Crippen LogP contribution is 2.08. The highest BCUT2D eigenvalue weighted by molar-refractivity contribution is 5.19. The van der Waals surface area contributed by atoms with Gasteiger partial charge in [-0.3, -0.25) is 0 Å². The largest absolute Gasteiger partial charge is 0.491 e. The standard InChI is InChI=1S/C9H10FO/c1-8(10)7-11-9-5-3-2-4-6-9/h2-3,5-6,8H,7H2,1H3. The fourth-order valence-electron chi connectivity index (χ4n) is 0.678. The van der Waals surface area contributed by atoms with Crippen molar-refractivity contribution in [3.8, 4) is 5.75 Å². The minimum Gasteiger partial charge on any atom is -0.491 e. The Bertz CT molecular complexity index is 196. The topological polar surface area (TPSA) is 9.23 Å². The third kappa shape index (κ3) is 3.03. The molecule has 0 fully saturated rings. The average Bonchev–Trinajstić information content (AvgIpc) is 2.03. The van der Waals surface area contributed by atoms with Crippen molar-refractivity contribution in [2.45, 2.75) is 13.1 Å². The van der Waals surface area contributed by atoms with Gasteiger partial charge >= 0.3 is 0 Å². The molecule has 0 N–H and O–H groups in total. The SMILES string of the molecule is CC(F)COc1c[c]ccc1. The van der Waals surface area contributed by atoms with E-state index in [2.05, 4.69) is 6.07 Å². The van der Waals surface area contributed by atoms with Crippen molar-refractivity contribution in [1.82, 2.24) is 0 Å². The van der Waals surface area contributed by atoms with Crippen LogP contribution in [0.2, 0.25) is 0 Å². The third-order valence-corrected chi connectivity index (χ3v) is 1.16. The van der Waals surface area contributed by atoms with E-state index in [1.54, 1.807) is 24.3 Å². The zero-order valence-electron chi connectivity index (χ0n) is 6.38. The molecule has 0 saturated heterocycles. The van der Waals surface area contributed by atoms with E-state index >= 15 is 0 Å². The lowest BCUT2D eigenvalue weighted by Gasteiger charge is -2.04. The number of hydrogen-bond donors (Lipinski definition) is 0. The number of halogens is 1. The summed E-state index contributed by atoms with van der Waals surface area (Å²) >= 11 is 0. The van der Waals surface area contributed by atoms with Gasteiger partial charge in [0.2, 0.25) is 0 Å². The van der Waals surface area contributed by atoms with Crippen LogP contribution in [0.25, 0.3) is 0 Å². The monoisotopic (exact) mass is 153 g/mol. The van der Waals surface area contributed by atoms with Crippen molar-refractivity contribution in [3.05, 3.63) is 30.3 Å². The minimum absolute atomic E-state index is 0.109. The number of alkyl halides is 1. The highest BCUT2D eigenvalue weighted by Gasteiger charge is 1.97. The maximum absolute atomic E-state index is 12.3. The molecule has 0 saturated carbocycles. The molecule has 0 spiro atoms. The summed E-state index contributed by atoms with van der Waals surface area (Å²) in [5.74, 6) is 0.664. The Morgan fingerprint density at radius 2 is 2.55 bits per heavy atom. The summed E-state index contributed by atoms with van der Waals surface area (Å²) in [5.41, 5.74) is 0. The van der Waals surface area contributed by atoms with Gasteiger partial charge in [0, 0.05) is 0 Å². The van der Waals surface area contributed by atoms with Crippen molar-refractivity contribution < 1.29 is 9.13 Å². The maximum atomic E-state index is 12.3. The molecule has 1 radical (unpaired) electrons. The fourth-order valence-corrected chi connectivity index (χ4v) is 0.678. The molecule has 1 unspecified atom stereocenters. The molecule has 2 heteroatoms. The lowest BCUT2D eigenvalue weighted by atomic mass is 10.3. The van der Waals surface area contributed by atoms with E-state index in [0.717, 1.165) is 0 Å².